The molecule has 0 saturated carbocycles. The molecule has 6 heteroatoms. The molecule has 0 aliphatic heterocycles. The standard InChI is InChI=1S/C17H15ClO5/c1-11(22-14-9-5-13(18)6-10-14)16(19)23-15-7-3-12(4-8-15)17(20)21-2/h3-11H,1-2H3/t11-/m0/s1. The molecule has 1 atom stereocenters. The molecule has 5 nitrogen and oxygen atoms in total. The van der Waals surface area contributed by atoms with Crippen LogP contribution in [0.2, 0.25) is 5.02 Å². The summed E-state index contributed by atoms with van der Waals surface area (Å²) in [4.78, 5) is 23.3. The van der Waals surface area contributed by atoms with Crippen LogP contribution in [-0.4, -0.2) is 25.2 Å². The molecule has 23 heavy (non-hydrogen) atoms. The van der Waals surface area contributed by atoms with E-state index in [1.165, 1.54) is 31.4 Å². The quantitative estimate of drug-likeness (QED) is 0.618. The van der Waals surface area contributed by atoms with E-state index in [9.17, 15) is 9.59 Å². The molecule has 0 spiro atoms. The average molecular weight is 335 g/mol. The molecular formula is C17H15ClO5. The average Bonchev–Trinajstić information content (AvgIpc) is 2.56. The third kappa shape index (κ3) is 4.72. The van der Waals surface area contributed by atoms with Crippen LogP contribution in [0.4, 0.5) is 0 Å². The maximum Gasteiger partial charge on any atom is 0.352 e. The van der Waals surface area contributed by atoms with Crippen molar-refractivity contribution in [3.63, 3.8) is 0 Å². The Morgan fingerprint density at radius 2 is 1.52 bits per heavy atom. The zero-order valence-electron chi connectivity index (χ0n) is 12.6. The molecule has 2 aromatic carbocycles. The maximum atomic E-state index is 12.0. The van der Waals surface area contributed by atoms with Crippen molar-refractivity contribution < 1.29 is 23.8 Å². The van der Waals surface area contributed by atoms with Gasteiger partial charge in [-0.2, -0.15) is 0 Å². The summed E-state index contributed by atoms with van der Waals surface area (Å²) < 4.78 is 15.3. The van der Waals surface area contributed by atoms with Gasteiger partial charge in [0.1, 0.15) is 11.5 Å². The monoisotopic (exact) mass is 334 g/mol. The lowest BCUT2D eigenvalue weighted by Gasteiger charge is -2.14. The third-order valence-corrected chi connectivity index (χ3v) is 3.20. The molecule has 0 aliphatic rings. The summed E-state index contributed by atoms with van der Waals surface area (Å²) >= 11 is 5.78. The molecule has 0 N–H and O–H groups in total. The summed E-state index contributed by atoms with van der Waals surface area (Å²) in [5.41, 5.74) is 0.373. The van der Waals surface area contributed by atoms with Gasteiger partial charge >= 0.3 is 11.9 Å². The molecule has 120 valence electrons. The van der Waals surface area contributed by atoms with Crippen molar-refractivity contribution in [2.24, 2.45) is 0 Å². The SMILES string of the molecule is COC(=O)c1ccc(OC(=O)[C@H](C)Oc2ccc(Cl)cc2)cc1. The zero-order chi connectivity index (χ0) is 16.8. The predicted molar refractivity (Wildman–Crippen MR) is 85.0 cm³/mol. The van der Waals surface area contributed by atoms with E-state index >= 15 is 0 Å². The van der Waals surface area contributed by atoms with E-state index in [1.54, 1.807) is 31.2 Å². The van der Waals surface area contributed by atoms with Gasteiger partial charge in [-0.05, 0) is 55.5 Å². The fourth-order valence-corrected chi connectivity index (χ4v) is 1.87. The first kappa shape index (κ1) is 16.8. The summed E-state index contributed by atoms with van der Waals surface area (Å²) in [5, 5.41) is 0.582. The maximum absolute atomic E-state index is 12.0. The summed E-state index contributed by atoms with van der Waals surface area (Å²) in [5.74, 6) is -0.179. The van der Waals surface area contributed by atoms with Gasteiger partial charge in [-0.25, -0.2) is 9.59 Å². The molecular weight excluding hydrogens is 320 g/mol. The smallest absolute Gasteiger partial charge is 0.352 e. The Bertz CT molecular complexity index is 679. The first-order chi connectivity index (χ1) is 11.0. The molecule has 0 aromatic heterocycles. The van der Waals surface area contributed by atoms with Crippen LogP contribution in [0.3, 0.4) is 0 Å². The number of benzene rings is 2. The fraction of sp³-hybridized carbons (Fsp3) is 0.176. The fourth-order valence-electron chi connectivity index (χ4n) is 1.74. The van der Waals surface area contributed by atoms with Crippen molar-refractivity contribution in [1.29, 1.82) is 0 Å². The molecule has 0 bridgehead atoms. The minimum atomic E-state index is -0.795. The number of carbonyl (C=O) groups excluding carboxylic acids is 2. The van der Waals surface area contributed by atoms with Crippen LogP contribution >= 0.6 is 11.6 Å². The minimum Gasteiger partial charge on any atom is -0.479 e. The van der Waals surface area contributed by atoms with Crippen molar-refractivity contribution in [3.05, 3.63) is 59.1 Å². The first-order valence-corrected chi connectivity index (χ1v) is 7.19. The highest BCUT2D eigenvalue weighted by molar-refractivity contribution is 6.30. The second-order valence-electron chi connectivity index (χ2n) is 4.65. The van der Waals surface area contributed by atoms with Crippen LogP contribution in [0.5, 0.6) is 11.5 Å². The Morgan fingerprint density at radius 1 is 0.957 bits per heavy atom. The Kier molecular flexibility index (Phi) is 5.60. The van der Waals surface area contributed by atoms with E-state index in [-0.39, 0.29) is 0 Å². The molecule has 0 radical (unpaired) electrons. The highest BCUT2D eigenvalue weighted by Crippen LogP contribution is 2.18. The van der Waals surface area contributed by atoms with Crippen LogP contribution in [0.15, 0.2) is 48.5 Å². The lowest BCUT2D eigenvalue weighted by molar-refractivity contribution is -0.141. The molecule has 0 unspecified atom stereocenters. The lowest BCUT2D eigenvalue weighted by Crippen LogP contribution is -2.28. The number of carbonyl (C=O) groups is 2. The highest BCUT2D eigenvalue weighted by Gasteiger charge is 2.17. The second-order valence-corrected chi connectivity index (χ2v) is 5.09. The van der Waals surface area contributed by atoms with Crippen molar-refractivity contribution in [3.8, 4) is 11.5 Å². The van der Waals surface area contributed by atoms with Crippen molar-refractivity contribution in [2.75, 3.05) is 7.11 Å². The van der Waals surface area contributed by atoms with Crippen LogP contribution in [0, 0.1) is 0 Å². The van der Waals surface area contributed by atoms with Gasteiger partial charge in [0.05, 0.1) is 12.7 Å². The van der Waals surface area contributed by atoms with Gasteiger partial charge in [-0.3, -0.25) is 0 Å². The highest BCUT2D eigenvalue weighted by atomic mass is 35.5. The number of hydrogen-bond acceptors (Lipinski definition) is 5. The molecule has 2 aromatic rings. The summed E-state index contributed by atoms with van der Waals surface area (Å²) in [6, 6.07) is 12.7. The van der Waals surface area contributed by atoms with E-state index in [0.717, 1.165) is 0 Å². The molecule has 0 saturated heterocycles. The van der Waals surface area contributed by atoms with E-state index in [0.29, 0.717) is 22.1 Å². The van der Waals surface area contributed by atoms with Gasteiger partial charge in [0.15, 0.2) is 6.10 Å². The van der Waals surface area contributed by atoms with E-state index < -0.39 is 18.0 Å². The molecule has 2 rings (SSSR count). The molecule has 0 fully saturated rings. The van der Waals surface area contributed by atoms with Gasteiger partial charge in [-0.15, -0.1) is 0 Å². The summed E-state index contributed by atoms with van der Waals surface area (Å²) in [6.45, 7) is 1.58. The third-order valence-electron chi connectivity index (χ3n) is 2.95. The summed E-state index contributed by atoms with van der Waals surface area (Å²) in [7, 11) is 1.30. The topological polar surface area (TPSA) is 61.8 Å². The number of esters is 2. The van der Waals surface area contributed by atoms with Gasteiger partial charge in [0, 0.05) is 5.02 Å². The number of methoxy groups -OCH3 is 1. The minimum absolute atomic E-state index is 0.314. The van der Waals surface area contributed by atoms with Crippen molar-refractivity contribution in [1.82, 2.24) is 0 Å². The normalized spacial score (nSPS) is 11.4. The molecule has 0 amide bonds. The van der Waals surface area contributed by atoms with Gasteiger partial charge < -0.3 is 14.2 Å². The number of ether oxygens (including phenoxy) is 3. The molecule has 0 aliphatic carbocycles. The molecule has 0 heterocycles. The number of rotatable bonds is 5. The van der Waals surface area contributed by atoms with Crippen LogP contribution in [-0.2, 0) is 9.53 Å². The van der Waals surface area contributed by atoms with Crippen LogP contribution in [0.1, 0.15) is 17.3 Å². The Labute approximate surface area is 138 Å². The Balaban J connectivity index is 1.95. The van der Waals surface area contributed by atoms with Gasteiger partial charge in [-0.1, -0.05) is 11.6 Å². The zero-order valence-corrected chi connectivity index (χ0v) is 13.4. The number of hydrogen-bond donors (Lipinski definition) is 0. The van der Waals surface area contributed by atoms with E-state index in [4.69, 9.17) is 21.1 Å². The first-order valence-electron chi connectivity index (χ1n) is 6.82. The predicted octanol–water partition coefficient (Wildman–Crippen LogP) is 3.50. The van der Waals surface area contributed by atoms with Crippen LogP contribution < -0.4 is 9.47 Å². The van der Waals surface area contributed by atoms with Gasteiger partial charge in [0.2, 0.25) is 0 Å². The lowest BCUT2D eigenvalue weighted by atomic mass is 10.2. The van der Waals surface area contributed by atoms with Crippen LogP contribution in [0.25, 0.3) is 0 Å². The largest absolute Gasteiger partial charge is 0.479 e. The van der Waals surface area contributed by atoms with Crippen molar-refractivity contribution >= 4 is 23.5 Å². The van der Waals surface area contributed by atoms with Crippen molar-refractivity contribution in [2.45, 2.75) is 13.0 Å². The van der Waals surface area contributed by atoms with E-state index in [1.807, 2.05) is 0 Å². The Morgan fingerprint density at radius 3 is 2.09 bits per heavy atom. The van der Waals surface area contributed by atoms with Gasteiger partial charge in [0.25, 0.3) is 0 Å². The summed E-state index contributed by atoms with van der Waals surface area (Å²) in [6.07, 6.45) is -0.795. The Hall–Kier alpha value is -2.53. The van der Waals surface area contributed by atoms with E-state index in [2.05, 4.69) is 4.74 Å². The second kappa shape index (κ2) is 7.65. The number of halogens is 1.